The maximum Gasteiger partial charge on any atom is 0.417 e. The molecule has 0 aromatic heterocycles. The van der Waals surface area contributed by atoms with Gasteiger partial charge in [0.1, 0.15) is 11.6 Å². The Hall–Kier alpha value is -2.40. The number of nitrogens with two attached hydrogens (primary N) is 1. The molecule has 0 fully saturated rings. The third-order valence-corrected chi connectivity index (χ3v) is 2.48. The first-order chi connectivity index (χ1) is 9.19. The van der Waals surface area contributed by atoms with E-state index in [-0.39, 0.29) is 6.54 Å². The molecule has 0 radical (unpaired) electrons. The molecule has 0 spiro atoms. The van der Waals surface area contributed by atoms with Crippen LogP contribution in [0.5, 0.6) is 5.75 Å². The number of nitrogens with one attached hydrogen (secondary N) is 1. The molecule has 0 aliphatic heterocycles. The number of benzene rings is 2. The van der Waals surface area contributed by atoms with Gasteiger partial charge in [-0.25, -0.2) is 9.18 Å². The molecule has 2 aromatic rings. The van der Waals surface area contributed by atoms with Gasteiger partial charge in [0.2, 0.25) is 0 Å². The Kier molecular flexibility index (Phi) is 4.10. The van der Waals surface area contributed by atoms with Gasteiger partial charge in [-0.05, 0) is 35.9 Å². The standard InChI is InChI=1S/C14H13FN2O2/c15-11-6-7-13(10(8-11)9-16)17-14(18)19-12-4-2-1-3-5-12/h1-8H,9,16H2,(H,17,18). The molecule has 4 nitrogen and oxygen atoms in total. The lowest BCUT2D eigenvalue weighted by Crippen LogP contribution is -2.18. The van der Waals surface area contributed by atoms with Crippen molar-refractivity contribution in [1.29, 1.82) is 0 Å². The Labute approximate surface area is 110 Å². The number of carbonyl (C=O) groups is 1. The first-order valence-corrected chi connectivity index (χ1v) is 5.71. The maximum absolute atomic E-state index is 13.0. The summed E-state index contributed by atoms with van der Waals surface area (Å²) in [6.45, 7) is 0.124. The minimum atomic E-state index is -0.646. The zero-order valence-corrected chi connectivity index (χ0v) is 10.1. The van der Waals surface area contributed by atoms with Gasteiger partial charge in [-0.2, -0.15) is 0 Å². The molecule has 2 aromatic carbocycles. The summed E-state index contributed by atoms with van der Waals surface area (Å²) in [5.74, 6) is 0.0267. The van der Waals surface area contributed by atoms with Crippen molar-refractivity contribution in [3.8, 4) is 5.75 Å². The molecule has 0 saturated heterocycles. The molecular formula is C14H13FN2O2. The Bertz CT molecular complexity index is 573. The highest BCUT2D eigenvalue weighted by atomic mass is 19.1. The lowest BCUT2D eigenvalue weighted by Gasteiger charge is -2.10. The zero-order chi connectivity index (χ0) is 13.7. The molecule has 19 heavy (non-hydrogen) atoms. The van der Waals surface area contributed by atoms with E-state index in [0.29, 0.717) is 17.0 Å². The zero-order valence-electron chi connectivity index (χ0n) is 10.1. The molecule has 0 saturated carbocycles. The van der Waals surface area contributed by atoms with E-state index in [1.165, 1.54) is 18.2 Å². The van der Waals surface area contributed by atoms with E-state index in [1.54, 1.807) is 24.3 Å². The number of carbonyl (C=O) groups excluding carboxylic acids is 1. The number of hydrogen-bond acceptors (Lipinski definition) is 3. The maximum atomic E-state index is 13.0. The van der Waals surface area contributed by atoms with Crippen molar-refractivity contribution in [1.82, 2.24) is 0 Å². The van der Waals surface area contributed by atoms with Gasteiger partial charge in [0.25, 0.3) is 0 Å². The van der Waals surface area contributed by atoms with Crippen molar-refractivity contribution in [3.05, 3.63) is 59.9 Å². The van der Waals surface area contributed by atoms with Gasteiger partial charge in [0.15, 0.2) is 0 Å². The van der Waals surface area contributed by atoms with Crippen LogP contribution in [0.3, 0.4) is 0 Å². The molecule has 0 aliphatic carbocycles. The number of ether oxygens (including phenoxy) is 1. The number of para-hydroxylation sites is 1. The van der Waals surface area contributed by atoms with Crippen molar-refractivity contribution < 1.29 is 13.9 Å². The normalized spacial score (nSPS) is 10.0. The Balaban J connectivity index is 2.07. The van der Waals surface area contributed by atoms with Crippen molar-refractivity contribution >= 4 is 11.8 Å². The number of hydrogen-bond donors (Lipinski definition) is 2. The van der Waals surface area contributed by atoms with Crippen molar-refractivity contribution in [3.63, 3.8) is 0 Å². The van der Waals surface area contributed by atoms with Gasteiger partial charge in [0, 0.05) is 12.2 Å². The van der Waals surface area contributed by atoms with Crippen LogP contribution in [-0.4, -0.2) is 6.09 Å². The Morgan fingerprint density at radius 2 is 1.95 bits per heavy atom. The fourth-order valence-corrected chi connectivity index (χ4v) is 1.58. The van der Waals surface area contributed by atoms with Crippen LogP contribution in [0.25, 0.3) is 0 Å². The minimum Gasteiger partial charge on any atom is -0.410 e. The van der Waals surface area contributed by atoms with Gasteiger partial charge >= 0.3 is 6.09 Å². The van der Waals surface area contributed by atoms with E-state index < -0.39 is 11.9 Å². The van der Waals surface area contributed by atoms with Crippen LogP contribution < -0.4 is 15.8 Å². The van der Waals surface area contributed by atoms with Crippen LogP contribution in [0.15, 0.2) is 48.5 Å². The van der Waals surface area contributed by atoms with Crippen LogP contribution >= 0.6 is 0 Å². The van der Waals surface area contributed by atoms with E-state index in [9.17, 15) is 9.18 Å². The average Bonchev–Trinajstić information content (AvgIpc) is 2.42. The summed E-state index contributed by atoms with van der Waals surface area (Å²) < 4.78 is 18.1. The molecular weight excluding hydrogens is 247 g/mol. The molecule has 0 heterocycles. The minimum absolute atomic E-state index is 0.124. The first kappa shape index (κ1) is 13.0. The molecule has 0 unspecified atom stereocenters. The van der Waals surface area contributed by atoms with Crippen LogP contribution in [0.2, 0.25) is 0 Å². The number of rotatable bonds is 3. The first-order valence-electron chi connectivity index (χ1n) is 5.71. The lowest BCUT2D eigenvalue weighted by atomic mass is 10.2. The van der Waals surface area contributed by atoms with Gasteiger partial charge in [-0.15, -0.1) is 0 Å². The molecule has 1 amide bonds. The third-order valence-electron chi connectivity index (χ3n) is 2.48. The molecule has 3 N–H and O–H groups in total. The van der Waals surface area contributed by atoms with Crippen molar-refractivity contribution in [2.24, 2.45) is 5.73 Å². The van der Waals surface area contributed by atoms with Crippen molar-refractivity contribution in [2.75, 3.05) is 5.32 Å². The van der Waals surface area contributed by atoms with Gasteiger partial charge in [0.05, 0.1) is 0 Å². The van der Waals surface area contributed by atoms with Gasteiger partial charge in [-0.3, -0.25) is 5.32 Å². The van der Waals surface area contributed by atoms with Crippen LogP contribution in [-0.2, 0) is 6.54 Å². The molecule has 98 valence electrons. The Morgan fingerprint density at radius 1 is 1.21 bits per heavy atom. The molecule has 5 heteroatoms. The number of halogens is 1. The number of amides is 1. The monoisotopic (exact) mass is 260 g/mol. The SMILES string of the molecule is NCc1cc(F)ccc1NC(=O)Oc1ccccc1. The number of anilines is 1. The molecule has 2 rings (SSSR count). The highest BCUT2D eigenvalue weighted by Gasteiger charge is 2.08. The smallest absolute Gasteiger partial charge is 0.410 e. The summed E-state index contributed by atoms with van der Waals surface area (Å²) in [6, 6.07) is 12.6. The predicted octanol–water partition coefficient (Wildman–Crippen LogP) is 2.90. The molecule has 0 aliphatic rings. The second-order valence-electron chi connectivity index (χ2n) is 3.83. The largest absolute Gasteiger partial charge is 0.417 e. The second-order valence-corrected chi connectivity index (χ2v) is 3.83. The summed E-state index contributed by atoms with van der Waals surface area (Å²) in [4.78, 5) is 11.7. The Morgan fingerprint density at radius 3 is 2.63 bits per heavy atom. The fraction of sp³-hybridized carbons (Fsp3) is 0.0714. The van der Waals surface area contributed by atoms with Crippen LogP contribution in [0.1, 0.15) is 5.56 Å². The summed E-state index contributed by atoms with van der Waals surface area (Å²) in [5.41, 5.74) is 6.43. The van der Waals surface area contributed by atoms with Crippen LogP contribution in [0, 0.1) is 5.82 Å². The topological polar surface area (TPSA) is 64.3 Å². The van der Waals surface area contributed by atoms with Crippen molar-refractivity contribution in [2.45, 2.75) is 6.54 Å². The van der Waals surface area contributed by atoms with E-state index >= 15 is 0 Å². The van der Waals surface area contributed by atoms with E-state index in [2.05, 4.69) is 5.32 Å². The predicted molar refractivity (Wildman–Crippen MR) is 70.4 cm³/mol. The molecule has 0 bridgehead atoms. The quantitative estimate of drug-likeness (QED) is 0.891. The van der Waals surface area contributed by atoms with E-state index in [0.717, 1.165) is 0 Å². The van der Waals surface area contributed by atoms with E-state index in [4.69, 9.17) is 10.5 Å². The van der Waals surface area contributed by atoms with Gasteiger partial charge in [-0.1, -0.05) is 18.2 Å². The van der Waals surface area contributed by atoms with E-state index in [1.807, 2.05) is 6.07 Å². The second kappa shape index (κ2) is 5.97. The highest BCUT2D eigenvalue weighted by molar-refractivity contribution is 5.87. The lowest BCUT2D eigenvalue weighted by molar-refractivity contribution is 0.215. The summed E-state index contributed by atoms with van der Waals surface area (Å²) in [6.07, 6.45) is -0.646. The molecule has 0 atom stereocenters. The van der Waals surface area contributed by atoms with Gasteiger partial charge < -0.3 is 10.5 Å². The highest BCUT2D eigenvalue weighted by Crippen LogP contribution is 2.17. The summed E-state index contributed by atoms with van der Waals surface area (Å²) >= 11 is 0. The average molecular weight is 260 g/mol. The third kappa shape index (κ3) is 3.53. The summed E-state index contributed by atoms with van der Waals surface area (Å²) in [7, 11) is 0. The van der Waals surface area contributed by atoms with Crippen LogP contribution in [0.4, 0.5) is 14.9 Å². The summed E-state index contributed by atoms with van der Waals surface area (Å²) in [5, 5.41) is 2.53. The fourth-order valence-electron chi connectivity index (χ4n) is 1.58.